The van der Waals surface area contributed by atoms with Crippen LogP contribution in [0.1, 0.15) is 17.3 Å². The molecule has 1 aliphatic heterocycles. The number of nitrogens with zero attached hydrogens (tertiary/aromatic N) is 4. The molecular formula is C25H24FN5O2S. The molecule has 1 fully saturated rings. The second-order valence-electron chi connectivity index (χ2n) is 8.26. The number of carbonyl (C=O) groups excluding carboxylic acids is 1. The van der Waals surface area contributed by atoms with Gasteiger partial charge in [-0.05, 0) is 29.8 Å². The van der Waals surface area contributed by atoms with E-state index in [1.807, 2.05) is 35.7 Å². The molecule has 0 aliphatic carbocycles. The van der Waals surface area contributed by atoms with E-state index in [0.717, 1.165) is 24.3 Å². The first-order chi connectivity index (χ1) is 16.6. The van der Waals surface area contributed by atoms with Crippen LogP contribution in [0.15, 0.2) is 77.0 Å². The van der Waals surface area contributed by atoms with Gasteiger partial charge >= 0.3 is 0 Å². The molecule has 5 rings (SSSR count). The van der Waals surface area contributed by atoms with Crippen molar-refractivity contribution in [3.8, 4) is 0 Å². The molecule has 1 aliphatic rings. The number of thiazole rings is 1. The third-order valence-corrected chi connectivity index (χ3v) is 6.75. The number of anilines is 1. The van der Waals surface area contributed by atoms with E-state index in [-0.39, 0.29) is 17.3 Å². The van der Waals surface area contributed by atoms with E-state index in [9.17, 15) is 14.0 Å². The summed E-state index contributed by atoms with van der Waals surface area (Å²) < 4.78 is 14.8. The lowest BCUT2D eigenvalue weighted by Gasteiger charge is -2.38. The molecule has 2 aromatic heterocycles. The van der Waals surface area contributed by atoms with Gasteiger partial charge in [0.2, 0.25) is 5.91 Å². The number of amides is 1. The third-order valence-electron chi connectivity index (χ3n) is 5.99. The number of halogens is 1. The number of rotatable bonds is 6. The fourth-order valence-electron chi connectivity index (χ4n) is 4.28. The Morgan fingerprint density at radius 2 is 1.79 bits per heavy atom. The summed E-state index contributed by atoms with van der Waals surface area (Å²) in [6.07, 6.45) is 1.73. The van der Waals surface area contributed by atoms with Crippen molar-refractivity contribution in [2.45, 2.75) is 12.6 Å². The summed E-state index contributed by atoms with van der Waals surface area (Å²) in [5.41, 5.74) is 2.16. The molecule has 9 heteroatoms. The average Bonchev–Trinajstić information content (AvgIpc) is 3.32. The summed E-state index contributed by atoms with van der Waals surface area (Å²) in [4.78, 5) is 35.3. The van der Waals surface area contributed by atoms with E-state index < -0.39 is 6.04 Å². The predicted octanol–water partition coefficient (Wildman–Crippen LogP) is 3.39. The molecule has 174 valence electrons. The SMILES string of the molecule is O=C(Nc1ccc(F)cc1)[C@@H](c1ccccc1)N1CCN(Cc2cc(=O)n3ccsc3n2)CC1. The zero-order chi connectivity index (χ0) is 23.5. The van der Waals surface area contributed by atoms with Crippen LogP contribution in [0.25, 0.3) is 4.96 Å². The number of carbonyl (C=O) groups is 1. The van der Waals surface area contributed by atoms with Crippen molar-refractivity contribution in [1.82, 2.24) is 19.2 Å². The Bertz CT molecular complexity index is 1330. The van der Waals surface area contributed by atoms with E-state index >= 15 is 0 Å². The van der Waals surface area contributed by atoms with Gasteiger partial charge in [-0.3, -0.25) is 23.8 Å². The smallest absolute Gasteiger partial charge is 0.258 e. The van der Waals surface area contributed by atoms with Crippen molar-refractivity contribution in [2.75, 3.05) is 31.5 Å². The Morgan fingerprint density at radius 3 is 2.53 bits per heavy atom. The molecule has 0 spiro atoms. The number of benzene rings is 2. The molecule has 3 heterocycles. The maximum absolute atomic E-state index is 13.3. The molecule has 1 amide bonds. The molecule has 0 unspecified atom stereocenters. The summed E-state index contributed by atoms with van der Waals surface area (Å²) in [5.74, 6) is -0.492. The van der Waals surface area contributed by atoms with Crippen LogP contribution in [-0.4, -0.2) is 51.3 Å². The minimum Gasteiger partial charge on any atom is -0.324 e. The summed E-state index contributed by atoms with van der Waals surface area (Å²) in [5, 5.41) is 4.78. The fraction of sp³-hybridized carbons (Fsp3) is 0.240. The first-order valence-electron chi connectivity index (χ1n) is 11.1. The van der Waals surface area contributed by atoms with E-state index in [2.05, 4.69) is 20.1 Å². The molecule has 1 N–H and O–H groups in total. The minimum atomic E-state index is -0.460. The minimum absolute atomic E-state index is 0.0681. The van der Waals surface area contributed by atoms with Gasteiger partial charge in [0, 0.05) is 56.1 Å². The molecule has 0 bridgehead atoms. The zero-order valence-corrected chi connectivity index (χ0v) is 19.2. The molecule has 4 aromatic rings. The van der Waals surface area contributed by atoms with Gasteiger partial charge < -0.3 is 5.32 Å². The van der Waals surface area contributed by atoms with Gasteiger partial charge in [-0.25, -0.2) is 9.37 Å². The zero-order valence-electron chi connectivity index (χ0n) is 18.4. The van der Waals surface area contributed by atoms with Gasteiger partial charge in [-0.15, -0.1) is 11.3 Å². The lowest BCUT2D eigenvalue weighted by atomic mass is 10.0. The van der Waals surface area contributed by atoms with E-state index in [0.29, 0.717) is 30.3 Å². The van der Waals surface area contributed by atoms with E-state index in [1.54, 1.807) is 28.8 Å². The average molecular weight is 478 g/mol. The van der Waals surface area contributed by atoms with E-state index in [4.69, 9.17) is 0 Å². The van der Waals surface area contributed by atoms with Crippen molar-refractivity contribution in [3.05, 3.63) is 99.7 Å². The molecule has 1 saturated heterocycles. The summed E-state index contributed by atoms with van der Waals surface area (Å²) >= 11 is 1.44. The summed E-state index contributed by atoms with van der Waals surface area (Å²) in [6, 6.07) is 16.6. The van der Waals surface area contributed by atoms with Crippen LogP contribution in [0.3, 0.4) is 0 Å². The Balaban J connectivity index is 1.28. The summed E-state index contributed by atoms with van der Waals surface area (Å²) in [6.45, 7) is 3.47. The van der Waals surface area contributed by atoms with Crippen molar-refractivity contribution in [1.29, 1.82) is 0 Å². The molecule has 34 heavy (non-hydrogen) atoms. The molecule has 0 radical (unpaired) electrons. The number of hydrogen-bond acceptors (Lipinski definition) is 6. The van der Waals surface area contributed by atoms with Gasteiger partial charge in [0.05, 0.1) is 5.69 Å². The highest BCUT2D eigenvalue weighted by molar-refractivity contribution is 7.15. The van der Waals surface area contributed by atoms with Crippen molar-refractivity contribution >= 4 is 27.9 Å². The van der Waals surface area contributed by atoms with Crippen molar-refractivity contribution in [2.24, 2.45) is 0 Å². The van der Waals surface area contributed by atoms with Crippen molar-refractivity contribution < 1.29 is 9.18 Å². The second-order valence-corrected chi connectivity index (χ2v) is 9.14. The van der Waals surface area contributed by atoms with Crippen LogP contribution >= 0.6 is 11.3 Å². The fourth-order valence-corrected chi connectivity index (χ4v) is 5.02. The molecule has 7 nitrogen and oxygen atoms in total. The van der Waals surface area contributed by atoms with Crippen LogP contribution in [0.4, 0.5) is 10.1 Å². The first kappa shape index (κ1) is 22.4. The number of nitrogens with one attached hydrogen (secondary N) is 1. The standard InChI is InChI=1S/C25H24FN5O2S/c26-19-6-8-20(9-7-19)27-24(33)23(18-4-2-1-3-5-18)30-12-10-29(11-13-30)17-21-16-22(32)31-14-15-34-25(31)28-21/h1-9,14-16,23H,10-13,17H2,(H,27,33)/t23-/m1/s1. The summed E-state index contributed by atoms with van der Waals surface area (Å²) in [7, 11) is 0. The maximum Gasteiger partial charge on any atom is 0.258 e. The Morgan fingerprint density at radius 1 is 1.06 bits per heavy atom. The quantitative estimate of drug-likeness (QED) is 0.461. The van der Waals surface area contributed by atoms with Crippen molar-refractivity contribution in [3.63, 3.8) is 0 Å². The number of hydrogen-bond donors (Lipinski definition) is 1. The number of aromatic nitrogens is 2. The second kappa shape index (κ2) is 9.84. The topological polar surface area (TPSA) is 70.0 Å². The Hall–Kier alpha value is -3.40. The van der Waals surface area contributed by atoms with Gasteiger partial charge in [0.25, 0.3) is 5.56 Å². The highest BCUT2D eigenvalue weighted by Gasteiger charge is 2.30. The lowest BCUT2D eigenvalue weighted by molar-refractivity contribution is -0.122. The molecular weight excluding hydrogens is 453 g/mol. The van der Waals surface area contributed by atoms with Crippen LogP contribution in [0.5, 0.6) is 0 Å². The predicted molar refractivity (Wildman–Crippen MR) is 130 cm³/mol. The third kappa shape index (κ3) is 4.91. The monoisotopic (exact) mass is 477 g/mol. The van der Waals surface area contributed by atoms with Crippen LogP contribution in [0.2, 0.25) is 0 Å². The highest BCUT2D eigenvalue weighted by Crippen LogP contribution is 2.25. The van der Waals surface area contributed by atoms with Crippen LogP contribution in [0, 0.1) is 5.82 Å². The molecule has 1 atom stereocenters. The van der Waals surface area contributed by atoms with Gasteiger partial charge in [0.1, 0.15) is 11.9 Å². The Labute approximate surface area is 200 Å². The highest BCUT2D eigenvalue weighted by atomic mass is 32.1. The molecule has 2 aromatic carbocycles. The van der Waals surface area contributed by atoms with Gasteiger partial charge in [-0.2, -0.15) is 0 Å². The van der Waals surface area contributed by atoms with Gasteiger partial charge in [0.15, 0.2) is 4.96 Å². The number of fused-ring (bicyclic) bond motifs is 1. The van der Waals surface area contributed by atoms with Crippen LogP contribution in [-0.2, 0) is 11.3 Å². The normalized spacial score (nSPS) is 15.9. The van der Waals surface area contributed by atoms with Crippen LogP contribution < -0.4 is 10.9 Å². The first-order valence-corrected chi connectivity index (χ1v) is 12.0. The Kier molecular flexibility index (Phi) is 6.48. The molecule has 0 saturated carbocycles. The largest absolute Gasteiger partial charge is 0.324 e. The maximum atomic E-state index is 13.3. The van der Waals surface area contributed by atoms with Gasteiger partial charge in [-0.1, -0.05) is 30.3 Å². The number of piperazine rings is 1. The lowest BCUT2D eigenvalue weighted by Crippen LogP contribution is -2.49. The van der Waals surface area contributed by atoms with E-state index in [1.165, 1.54) is 23.5 Å².